The Bertz CT molecular complexity index is 1250. The second-order valence-corrected chi connectivity index (χ2v) is 9.73. The second kappa shape index (κ2) is 10.0. The summed E-state index contributed by atoms with van der Waals surface area (Å²) in [4.78, 5) is 19.2. The number of anilines is 2. The number of halogens is 3. The van der Waals surface area contributed by atoms with Gasteiger partial charge in [-0.15, -0.1) is 10.2 Å². The molecule has 2 aliphatic rings. The maximum atomic E-state index is 13.3. The lowest BCUT2D eigenvalue weighted by atomic mass is 9.96. The Morgan fingerprint density at radius 2 is 1.65 bits per heavy atom. The van der Waals surface area contributed by atoms with Crippen LogP contribution in [-0.4, -0.2) is 70.1 Å². The number of hydrogen-bond acceptors (Lipinski definition) is 6. The predicted molar refractivity (Wildman–Crippen MR) is 134 cm³/mol. The highest BCUT2D eigenvalue weighted by molar-refractivity contribution is 5.80. The number of benzene rings is 1. The highest BCUT2D eigenvalue weighted by atomic mass is 19.4. The van der Waals surface area contributed by atoms with Gasteiger partial charge in [0.1, 0.15) is 0 Å². The Balaban J connectivity index is 1.19. The number of aryl methyl sites for hydroxylation is 2. The first-order valence-electron chi connectivity index (χ1n) is 12.5. The van der Waals surface area contributed by atoms with E-state index in [9.17, 15) is 18.0 Å². The zero-order valence-corrected chi connectivity index (χ0v) is 20.9. The van der Waals surface area contributed by atoms with Crippen LogP contribution in [-0.2, 0) is 11.0 Å². The molecule has 11 heteroatoms. The minimum atomic E-state index is -4.37. The van der Waals surface area contributed by atoms with Crippen LogP contribution in [0.4, 0.5) is 24.7 Å². The summed E-state index contributed by atoms with van der Waals surface area (Å²) < 4.78 is 41.0. The fourth-order valence-corrected chi connectivity index (χ4v) is 5.17. The smallest absolute Gasteiger partial charge is 0.368 e. The van der Waals surface area contributed by atoms with Gasteiger partial charge in [-0.2, -0.15) is 18.3 Å². The molecule has 1 amide bonds. The van der Waals surface area contributed by atoms with Crippen LogP contribution in [0.5, 0.6) is 0 Å². The summed E-state index contributed by atoms with van der Waals surface area (Å²) in [6.45, 7) is 7.26. The minimum Gasteiger partial charge on any atom is -0.368 e. The molecule has 0 aliphatic carbocycles. The third-order valence-electron chi connectivity index (χ3n) is 7.09. The quantitative estimate of drug-likeness (QED) is 0.528. The summed E-state index contributed by atoms with van der Waals surface area (Å²) >= 11 is 0. The number of aromatic nitrogens is 4. The molecule has 1 atom stereocenters. The van der Waals surface area contributed by atoms with Crippen molar-refractivity contribution in [2.75, 3.05) is 49.1 Å². The first-order valence-corrected chi connectivity index (χ1v) is 12.5. The Morgan fingerprint density at radius 3 is 2.30 bits per heavy atom. The van der Waals surface area contributed by atoms with Crippen molar-refractivity contribution < 1.29 is 18.0 Å². The Morgan fingerprint density at radius 1 is 0.919 bits per heavy atom. The van der Waals surface area contributed by atoms with E-state index in [4.69, 9.17) is 0 Å². The Labute approximate surface area is 213 Å². The lowest BCUT2D eigenvalue weighted by molar-refractivity contribution is -0.137. The number of piperidine rings is 1. The number of piperazine rings is 1. The van der Waals surface area contributed by atoms with E-state index in [0.717, 1.165) is 42.7 Å². The van der Waals surface area contributed by atoms with E-state index in [1.54, 1.807) is 10.7 Å². The van der Waals surface area contributed by atoms with Crippen LogP contribution in [0.2, 0.25) is 0 Å². The minimum absolute atomic E-state index is 0.0978. The van der Waals surface area contributed by atoms with Gasteiger partial charge in [-0.05, 0) is 63.1 Å². The SMILES string of the molecule is Cc1cc(C)n(-c2ccc(N3CCCC(C(=O)N4CCN(c5cccc(C(F)(F)F)c5)CC4)C3)nn2)n1. The Hall–Kier alpha value is -3.63. The largest absolute Gasteiger partial charge is 0.416 e. The van der Waals surface area contributed by atoms with Crippen molar-refractivity contribution in [1.82, 2.24) is 24.9 Å². The summed E-state index contributed by atoms with van der Waals surface area (Å²) in [5.74, 6) is 1.33. The molecule has 1 aromatic carbocycles. The molecule has 196 valence electrons. The molecule has 2 fully saturated rings. The van der Waals surface area contributed by atoms with E-state index in [2.05, 4.69) is 20.2 Å². The number of amides is 1. The highest BCUT2D eigenvalue weighted by Crippen LogP contribution is 2.32. The van der Waals surface area contributed by atoms with E-state index in [-0.39, 0.29) is 11.8 Å². The third-order valence-corrected chi connectivity index (χ3v) is 7.09. The number of rotatable bonds is 4. The number of hydrogen-bond donors (Lipinski definition) is 0. The number of alkyl halides is 3. The molecule has 0 bridgehead atoms. The molecule has 37 heavy (non-hydrogen) atoms. The van der Waals surface area contributed by atoms with Gasteiger partial charge in [0.15, 0.2) is 11.6 Å². The van der Waals surface area contributed by atoms with E-state index < -0.39 is 11.7 Å². The molecule has 2 saturated heterocycles. The molecule has 5 rings (SSSR count). The molecule has 1 unspecified atom stereocenters. The van der Waals surface area contributed by atoms with E-state index in [1.807, 2.05) is 41.8 Å². The fraction of sp³-hybridized carbons (Fsp3) is 0.462. The topological polar surface area (TPSA) is 70.4 Å². The van der Waals surface area contributed by atoms with Crippen molar-refractivity contribution in [2.24, 2.45) is 5.92 Å². The summed E-state index contributed by atoms with van der Waals surface area (Å²) in [7, 11) is 0. The predicted octanol–water partition coefficient (Wildman–Crippen LogP) is 3.86. The van der Waals surface area contributed by atoms with Gasteiger partial charge in [-0.1, -0.05) is 6.07 Å². The number of nitrogens with zero attached hydrogens (tertiary/aromatic N) is 7. The van der Waals surface area contributed by atoms with E-state index in [1.165, 1.54) is 12.1 Å². The second-order valence-electron chi connectivity index (χ2n) is 9.73. The van der Waals surface area contributed by atoms with Gasteiger partial charge in [0.25, 0.3) is 0 Å². The van der Waals surface area contributed by atoms with Crippen molar-refractivity contribution in [2.45, 2.75) is 32.9 Å². The van der Waals surface area contributed by atoms with Crippen molar-refractivity contribution >= 4 is 17.4 Å². The fourth-order valence-electron chi connectivity index (χ4n) is 5.17. The summed E-state index contributed by atoms with van der Waals surface area (Å²) in [6, 6.07) is 11.2. The lowest BCUT2D eigenvalue weighted by Gasteiger charge is -2.40. The zero-order valence-electron chi connectivity index (χ0n) is 20.9. The number of carbonyl (C=O) groups is 1. The molecule has 0 N–H and O–H groups in total. The highest BCUT2D eigenvalue weighted by Gasteiger charge is 2.33. The average molecular weight is 514 g/mol. The zero-order chi connectivity index (χ0) is 26.2. The molecule has 0 saturated carbocycles. The summed E-state index contributed by atoms with van der Waals surface area (Å²) in [6.07, 6.45) is -2.69. The van der Waals surface area contributed by atoms with Gasteiger partial charge in [-0.3, -0.25) is 4.79 Å². The van der Waals surface area contributed by atoms with Gasteiger partial charge in [0.2, 0.25) is 5.91 Å². The molecule has 2 aliphatic heterocycles. The van der Waals surface area contributed by atoms with Crippen LogP contribution in [0.1, 0.15) is 29.8 Å². The van der Waals surface area contributed by atoms with Gasteiger partial charge < -0.3 is 14.7 Å². The first-order chi connectivity index (χ1) is 17.7. The Kier molecular flexibility index (Phi) is 6.78. The molecule has 2 aromatic heterocycles. The lowest BCUT2D eigenvalue weighted by Crippen LogP contribution is -2.52. The van der Waals surface area contributed by atoms with Crippen LogP contribution in [0, 0.1) is 19.8 Å². The first kappa shape index (κ1) is 25.0. The van der Waals surface area contributed by atoms with Crippen LogP contribution in [0.15, 0.2) is 42.5 Å². The molecule has 4 heterocycles. The number of carbonyl (C=O) groups excluding carboxylic acids is 1. The van der Waals surface area contributed by atoms with Crippen LogP contribution in [0.3, 0.4) is 0 Å². The molecule has 3 aromatic rings. The molecular formula is C26H30F3N7O. The summed E-state index contributed by atoms with van der Waals surface area (Å²) in [5.41, 5.74) is 1.78. The van der Waals surface area contributed by atoms with Gasteiger partial charge in [0, 0.05) is 50.6 Å². The van der Waals surface area contributed by atoms with Gasteiger partial charge >= 0.3 is 6.18 Å². The van der Waals surface area contributed by atoms with Crippen LogP contribution in [0.25, 0.3) is 5.82 Å². The van der Waals surface area contributed by atoms with Crippen LogP contribution >= 0.6 is 0 Å². The summed E-state index contributed by atoms with van der Waals surface area (Å²) in [5, 5.41) is 13.2. The third kappa shape index (κ3) is 5.40. The molecule has 0 radical (unpaired) electrons. The van der Waals surface area contributed by atoms with E-state index >= 15 is 0 Å². The molecular weight excluding hydrogens is 483 g/mol. The molecule has 8 nitrogen and oxygen atoms in total. The van der Waals surface area contributed by atoms with Gasteiger partial charge in [-0.25, -0.2) is 4.68 Å². The normalized spacial score (nSPS) is 18.8. The van der Waals surface area contributed by atoms with E-state index in [0.29, 0.717) is 44.2 Å². The van der Waals surface area contributed by atoms with Crippen molar-refractivity contribution in [3.05, 3.63) is 59.4 Å². The maximum Gasteiger partial charge on any atom is 0.416 e. The average Bonchev–Trinajstić information content (AvgIpc) is 3.25. The maximum absolute atomic E-state index is 13.3. The monoisotopic (exact) mass is 513 g/mol. The van der Waals surface area contributed by atoms with Crippen LogP contribution < -0.4 is 9.80 Å². The van der Waals surface area contributed by atoms with Crippen molar-refractivity contribution in [3.63, 3.8) is 0 Å². The standard InChI is InChI=1S/C26H30F3N7O/c1-18-15-19(2)36(32-18)24-9-8-23(30-31-24)35-10-4-5-20(17-35)25(37)34-13-11-33(12-14-34)22-7-3-6-21(16-22)26(27,28)29/h3,6-9,15-16,20H,4-5,10-14,17H2,1-2H3. The van der Waals surface area contributed by atoms with Gasteiger partial charge in [0.05, 0.1) is 17.2 Å². The molecule has 0 spiro atoms. The van der Waals surface area contributed by atoms with Crippen molar-refractivity contribution in [3.8, 4) is 5.82 Å². The van der Waals surface area contributed by atoms with Crippen molar-refractivity contribution in [1.29, 1.82) is 0 Å².